The summed E-state index contributed by atoms with van der Waals surface area (Å²) in [6, 6.07) is 1.86. The van der Waals surface area contributed by atoms with Gasteiger partial charge in [0.25, 0.3) is 5.91 Å². The van der Waals surface area contributed by atoms with Crippen LogP contribution in [0.5, 0.6) is 0 Å². The van der Waals surface area contributed by atoms with Crippen LogP contribution in [0.3, 0.4) is 0 Å². The van der Waals surface area contributed by atoms with Gasteiger partial charge in [0, 0.05) is 18.6 Å². The number of hydrogen-bond donors (Lipinski definition) is 2. The van der Waals surface area contributed by atoms with Gasteiger partial charge in [-0.15, -0.1) is 0 Å². The number of nitrogens with one attached hydrogen (secondary N) is 1. The first-order chi connectivity index (χ1) is 8.99. The lowest BCUT2D eigenvalue weighted by molar-refractivity contribution is 0.0931. The highest BCUT2D eigenvalue weighted by molar-refractivity contribution is 5.92. The van der Waals surface area contributed by atoms with Crippen LogP contribution in [0.15, 0.2) is 6.07 Å². The maximum atomic E-state index is 12.2. The van der Waals surface area contributed by atoms with E-state index in [1.54, 1.807) is 4.68 Å². The molecule has 3 N–H and O–H groups in total. The van der Waals surface area contributed by atoms with Crippen LogP contribution >= 0.6 is 0 Å². The third kappa shape index (κ3) is 3.80. The van der Waals surface area contributed by atoms with E-state index in [2.05, 4.69) is 10.4 Å². The smallest absolute Gasteiger partial charge is 0.269 e. The Morgan fingerprint density at radius 3 is 2.47 bits per heavy atom. The largest absolute Gasteiger partial charge is 0.349 e. The summed E-state index contributed by atoms with van der Waals surface area (Å²) in [5.41, 5.74) is 7.43. The van der Waals surface area contributed by atoms with Crippen molar-refractivity contribution in [1.29, 1.82) is 0 Å². The topological polar surface area (TPSA) is 72.9 Å². The Balaban J connectivity index is 2.75. The van der Waals surface area contributed by atoms with Crippen LogP contribution < -0.4 is 11.1 Å². The summed E-state index contributed by atoms with van der Waals surface area (Å²) in [5, 5.41) is 7.31. The summed E-state index contributed by atoms with van der Waals surface area (Å²) in [6.45, 7) is 9.28. The number of carbonyl (C=O) groups excluding carboxylic acids is 1. The van der Waals surface area contributed by atoms with Gasteiger partial charge in [-0.2, -0.15) is 5.10 Å². The summed E-state index contributed by atoms with van der Waals surface area (Å²) < 4.78 is 1.74. The maximum absolute atomic E-state index is 12.2. The number of aryl methyl sites for hydroxylation is 2. The number of nitrogens with zero attached hydrogens (tertiary/aromatic N) is 2. The van der Waals surface area contributed by atoms with Crippen molar-refractivity contribution in [2.45, 2.75) is 59.0 Å². The minimum atomic E-state index is -0.319. The molecule has 1 amide bonds. The van der Waals surface area contributed by atoms with E-state index in [4.69, 9.17) is 5.73 Å². The van der Waals surface area contributed by atoms with Crippen molar-refractivity contribution in [3.05, 3.63) is 17.5 Å². The molecule has 0 atom stereocenters. The average molecular weight is 266 g/mol. The van der Waals surface area contributed by atoms with Gasteiger partial charge in [0.1, 0.15) is 5.69 Å². The molecule has 5 nitrogen and oxygen atoms in total. The summed E-state index contributed by atoms with van der Waals surface area (Å²) in [6.07, 6.45) is 2.52. The molecule has 1 rings (SSSR count). The SMILES string of the molecule is CCc1cc(C(=O)NCC(N)(CC)CC)n(CC)n1. The van der Waals surface area contributed by atoms with Gasteiger partial charge >= 0.3 is 0 Å². The summed E-state index contributed by atoms with van der Waals surface area (Å²) in [7, 11) is 0. The van der Waals surface area contributed by atoms with Gasteiger partial charge in [0.15, 0.2) is 0 Å². The molecule has 0 aliphatic carbocycles. The first kappa shape index (κ1) is 15.7. The Morgan fingerprint density at radius 1 is 1.37 bits per heavy atom. The Bertz CT molecular complexity index is 421. The van der Waals surface area contributed by atoms with E-state index in [1.165, 1.54) is 0 Å². The van der Waals surface area contributed by atoms with Crippen LogP contribution in [-0.4, -0.2) is 27.8 Å². The second kappa shape index (κ2) is 6.70. The highest BCUT2D eigenvalue weighted by Crippen LogP contribution is 2.11. The van der Waals surface area contributed by atoms with Gasteiger partial charge in [0.2, 0.25) is 0 Å². The highest BCUT2D eigenvalue weighted by Gasteiger charge is 2.22. The van der Waals surface area contributed by atoms with Gasteiger partial charge in [-0.25, -0.2) is 0 Å². The maximum Gasteiger partial charge on any atom is 0.269 e. The molecule has 5 heteroatoms. The van der Waals surface area contributed by atoms with Crippen molar-refractivity contribution in [2.75, 3.05) is 6.54 Å². The molecular weight excluding hydrogens is 240 g/mol. The quantitative estimate of drug-likeness (QED) is 0.789. The van der Waals surface area contributed by atoms with Crippen LogP contribution in [0.1, 0.15) is 56.7 Å². The van der Waals surface area contributed by atoms with Crippen molar-refractivity contribution in [2.24, 2.45) is 5.73 Å². The molecule has 0 aliphatic heterocycles. The second-order valence-corrected chi connectivity index (χ2v) is 4.94. The highest BCUT2D eigenvalue weighted by atomic mass is 16.2. The van der Waals surface area contributed by atoms with Crippen molar-refractivity contribution >= 4 is 5.91 Å². The fraction of sp³-hybridized carbons (Fsp3) is 0.714. The fourth-order valence-corrected chi connectivity index (χ4v) is 1.91. The van der Waals surface area contributed by atoms with Crippen LogP contribution in [0, 0.1) is 0 Å². The molecular formula is C14H26N4O. The molecule has 19 heavy (non-hydrogen) atoms. The number of amides is 1. The lowest BCUT2D eigenvalue weighted by atomic mass is 9.94. The number of aromatic nitrogens is 2. The molecule has 108 valence electrons. The molecule has 0 saturated carbocycles. The summed E-state index contributed by atoms with van der Waals surface area (Å²) in [5.74, 6) is -0.0919. The van der Waals surface area contributed by atoms with Gasteiger partial charge < -0.3 is 11.1 Å². The zero-order chi connectivity index (χ0) is 14.5. The monoisotopic (exact) mass is 266 g/mol. The number of rotatable bonds is 7. The molecule has 1 aromatic rings. The van der Waals surface area contributed by atoms with E-state index in [1.807, 2.05) is 33.8 Å². The van der Waals surface area contributed by atoms with Crippen molar-refractivity contribution < 1.29 is 4.79 Å². The fourth-order valence-electron chi connectivity index (χ4n) is 1.91. The Kier molecular flexibility index (Phi) is 5.54. The molecule has 0 unspecified atom stereocenters. The van der Waals surface area contributed by atoms with E-state index < -0.39 is 0 Å². The first-order valence-corrected chi connectivity index (χ1v) is 7.13. The number of carbonyl (C=O) groups is 1. The summed E-state index contributed by atoms with van der Waals surface area (Å²) in [4.78, 5) is 12.2. The summed E-state index contributed by atoms with van der Waals surface area (Å²) >= 11 is 0. The molecule has 1 aromatic heterocycles. The van der Waals surface area contributed by atoms with E-state index in [0.29, 0.717) is 18.8 Å². The molecule has 0 radical (unpaired) electrons. The third-order valence-corrected chi connectivity index (χ3v) is 3.73. The van der Waals surface area contributed by atoms with Crippen LogP contribution in [0.4, 0.5) is 0 Å². The average Bonchev–Trinajstić information content (AvgIpc) is 2.87. The zero-order valence-electron chi connectivity index (χ0n) is 12.5. The minimum Gasteiger partial charge on any atom is -0.349 e. The molecule has 0 aromatic carbocycles. The van der Waals surface area contributed by atoms with Gasteiger partial charge in [-0.05, 0) is 32.3 Å². The van der Waals surface area contributed by atoms with E-state index in [9.17, 15) is 4.79 Å². The van der Waals surface area contributed by atoms with Crippen LogP contribution in [-0.2, 0) is 13.0 Å². The molecule has 0 aliphatic rings. The molecule has 1 heterocycles. The van der Waals surface area contributed by atoms with E-state index in [0.717, 1.165) is 25.0 Å². The lowest BCUT2D eigenvalue weighted by Gasteiger charge is -2.26. The first-order valence-electron chi connectivity index (χ1n) is 7.13. The Hall–Kier alpha value is -1.36. The molecule has 0 saturated heterocycles. The van der Waals surface area contributed by atoms with E-state index >= 15 is 0 Å². The molecule has 0 bridgehead atoms. The van der Waals surface area contributed by atoms with E-state index in [-0.39, 0.29) is 11.4 Å². The van der Waals surface area contributed by atoms with Gasteiger partial charge in [-0.3, -0.25) is 9.48 Å². The second-order valence-electron chi connectivity index (χ2n) is 4.94. The zero-order valence-corrected chi connectivity index (χ0v) is 12.5. The lowest BCUT2D eigenvalue weighted by Crippen LogP contribution is -2.49. The third-order valence-electron chi connectivity index (χ3n) is 3.73. The normalized spacial score (nSPS) is 11.6. The number of nitrogens with two attached hydrogens (primary N) is 1. The molecule has 0 spiro atoms. The van der Waals surface area contributed by atoms with Gasteiger partial charge in [0.05, 0.1) is 5.69 Å². The Labute approximate surface area is 115 Å². The molecule has 0 fully saturated rings. The minimum absolute atomic E-state index is 0.0919. The predicted octanol–water partition coefficient (Wildman–Crippen LogP) is 1.71. The van der Waals surface area contributed by atoms with Crippen LogP contribution in [0.2, 0.25) is 0 Å². The van der Waals surface area contributed by atoms with Crippen molar-refractivity contribution in [1.82, 2.24) is 15.1 Å². The van der Waals surface area contributed by atoms with Gasteiger partial charge in [-0.1, -0.05) is 20.8 Å². The predicted molar refractivity (Wildman–Crippen MR) is 77.1 cm³/mol. The number of hydrogen-bond acceptors (Lipinski definition) is 3. The van der Waals surface area contributed by atoms with Crippen molar-refractivity contribution in [3.63, 3.8) is 0 Å². The standard InChI is InChI=1S/C14H26N4O/c1-5-11-9-12(18(8-4)17-11)13(19)16-10-14(15,6-2)7-3/h9H,5-8,10,15H2,1-4H3,(H,16,19). The Morgan fingerprint density at radius 2 is 2.00 bits per heavy atom. The van der Waals surface area contributed by atoms with Crippen molar-refractivity contribution in [3.8, 4) is 0 Å². The van der Waals surface area contributed by atoms with Crippen LogP contribution in [0.25, 0.3) is 0 Å².